The smallest absolute Gasteiger partial charge is 0.237 e. The van der Waals surface area contributed by atoms with Crippen LogP contribution >= 0.6 is 0 Å². The third-order valence-electron chi connectivity index (χ3n) is 5.73. The Kier molecular flexibility index (Phi) is 12.2. The summed E-state index contributed by atoms with van der Waals surface area (Å²) in [7, 11) is 0. The molecule has 0 unspecified atom stereocenters. The maximum absolute atomic E-state index is 12.6. The summed E-state index contributed by atoms with van der Waals surface area (Å²) in [6.45, 7) is 4.76. The fourth-order valence-electron chi connectivity index (χ4n) is 3.57. The number of rotatable bonds is 16. The molecule has 0 aliphatic heterocycles. The topological polar surface area (TPSA) is 129 Å². The Morgan fingerprint density at radius 1 is 0.970 bits per heavy atom. The Morgan fingerprint density at radius 3 is 2.36 bits per heavy atom. The number of amidine groups is 1. The molecular weight excluding hydrogens is 412 g/mol. The van der Waals surface area contributed by atoms with Crippen molar-refractivity contribution in [3.63, 3.8) is 0 Å². The zero-order chi connectivity index (χ0) is 23.9. The van der Waals surface area contributed by atoms with Gasteiger partial charge in [-0.3, -0.25) is 10.2 Å². The lowest BCUT2D eigenvalue weighted by Crippen LogP contribution is -2.47. The predicted octanol–water partition coefficient (Wildman–Crippen LogP) is 2.28. The normalized spacial score (nSPS) is 12.8. The maximum atomic E-state index is 12.6. The van der Waals surface area contributed by atoms with E-state index in [1.54, 1.807) is 12.1 Å². The number of aryl methyl sites for hydroxylation is 1. The molecule has 2 aromatic carbocycles. The summed E-state index contributed by atoms with van der Waals surface area (Å²) < 4.78 is 0. The number of nitrogen functional groups attached to an aromatic ring is 1. The number of hydrogen-bond acceptors (Lipinski definition) is 5. The molecule has 7 heteroatoms. The van der Waals surface area contributed by atoms with Crippen LogP contribution in [0, 0.1) is 5.41 Å². The van der Waals surface area contributed by atoms with Crippen LogP contribution in [0.2, 0.25) is 0 Å². The van der Waals surface area contributed by atoms with Crippen LogP contribution in [-0.4, -0.2) is 43.5 Å². The van der Waals surface area contributed by atoms with Crippen molar-refractivity contribution >= 4 is 11.7 Å². The Labute approximate surface area is 198 Å². The zero-order valence-electron chi connectivity index (χ0n) is 19.8. The minimum Gasteiger partial charge on any atom is -0.384 e. The summed E-state index contributed by atoms with van der Waals surface area (Å²) in [6.07, 6.45) is 5.31. The van der Waals surface area contributed by atoms with Crippen molar-refractivity contribution in [2.45, 2.75) is 57.7 Å². The molecule has 0 saturated heterocycles. The molecule has 0 heterocycles. The van der Waals surface area contributed by atoms with Gasteiger partial charge in [-0.2, -0.15) is 0 Å². The number of nitrogens with two attached hydrogens (primary N) is 2. The van der Waals surface area contributed by atoms with Gasteiger partial charge in [-0.1, -0.05) is 61.0 Å². The van der Waals surface area contributed by atoms with Crippen molar-refractivity contribution in [1.29, 1.82) is 5.41 Å². The van der Waals surface area contributed by atoms with Crippen molar-refractivity contribution in [3.05, 3.63) is 71.3 Å². The van der Waals surface area contributed by atoms with Crippen LogP contribution in [-0.2, 0) is 17.8 Å². The number of carbonyl (C=O) groups excluding carboxylic acids is 1. The third kappa shape index (κ3) is 10.6. The van der Waals surface area contributed by atoms with Gasteiger partial charge in [-0.25, -0.2) is 0 Å². The molecule has 0 aliphatic rings. The van der Waals surface area contributed by atoms with E-state index >= 15 is 0 Å². The van der Waals surface area contributed by atoms with E-state index < -0.39 is 0 Å². The highest BCUT2D eigenvalue weighted by Crippen LogP contribution is 2.06. The number of unbranched alkanes of at least 4 members (excludes halogenated alkanes) is 2. The van der Waals surface area contributed by atoms with E-state index in [-0.39, 0.29) is 23.8 Å². The first-order valence-corrected chi connectivity index (χ1v) is 11.9. The molecule has 1 amide bonds. The highest BCUT2D eigenvalue weighted by molar-refractivity contribution is 5.94. The van der Waals surface area contributed by atoms with Crippen LogP contribution in [0.15, 0.2) is 54.6 Å². The lowest BCUT2D eigenvalue weighted by molar-refractivity contribution is -0.122. The second-order valence-electron chi connectivity index (χ2n) is 8.48. The zero-order valence-corrected chi connectivity index (χ0v) is 19.8. The minimum atomic E-state index is -0.292. The SMILES string of the molecule is C[C@H](NC[C@@H](CCc1ccccc1)NCCCCCN)C(=O)NCc1ccc(C(=N)N)cc1. The largest absolute Gasteiger partial charge is 0.384 e. The van der Waals surface area contributed by atoms with E-state index in [2.05, 4.69) is 40.2 Å². The van der Waals surface area contributed by atoms with Crippen molar-refractivity contribution in [1.82, 2.24) is 16.0 Å². The first-order valence-electron chi connectivity index (χ1n) is 11.9. The maximum Gasteiger partial charge on any atom is 0.237 e. The first-order chi connectivity index (χ1) is 16.0. The molecule has 33 heavy (non-hydrogen) atoms. The van der Waals surface area contributed by atoms with Gasteiger partial charge in [0.2, 0.25) is 5.91 Å². The third-order valence-corrected chi connectivity index (χ3v) is 5.73. The predicted molar refractivity (Wildman–Crippen MR) is 136 cm³/mol. The van der Waals surface area contributed by atoms with Crippen LogP contribution in [0.25, 0.3) is 0 Å². The van der Waals surface area contributed by atoms with E-state index in [4.69, 9.17) is 16.9 Å². The van der Waals surface area contributed by atoms with E-state index in [1.807, 2.05) is 25.1 Å². The van der Waals surface area contributed by atoms with Crippen LogP contribution in [0.1, 0.15) is 49.3 Å². The van der Waals surface area contributed by atoms with Crippen molar-refractivity contribution in [2.75, 3.05) is 19.6 Å². The number of benzene rings is 2. The molecule has 0 bridgehead atoms. The molecular formula is C26H40N6O. The molecule has 2 aromatic rings. The van der Waals surface area contributed by atoms with Gasteiger partial charge in [0, 0.05) is 24.7 Å². The van der Waals surface area contributed by atoms with Gasteiger partial charge in [-0.05, 0) is 56.8 Å². The van der Waals surface area contributed by atoms with E-state index in [0.717, 1.165) is 57.3 Å². The second-order valence-corrected chi connectivity index (χ2v) is 8.48. The van der Waals surface area contributed by atoms with Gasteiger partial charge in [-0.15, -0.1) is 0 Å². The van der Waals surface area contributed by atoms with Gasteiger partial charge < -0.3 is 27.4 Å². The summed E-state index contributed by atoms with van der Waals surface area (Å²) in [5, 5.41) is 17.5. The molecule has 0 radical (unpaired) electrons. The molecule has 2 rings (SSSR count). The average Bonchev–Trinajstić information content (AvgIpc) is 2.84. The molecule has 0 saturated carbocycles. The summed E-state index contributed by atoms with van der Waals surface area (Å²) in [4.78, 5) is 12.6. The van der Waals surface area contributed by atoms with Crippen molar-refractivity contribution in [3.8, 4) is 0 Å². The summed E-state index contributed by atoms with van der Waals surface area (Å²) in [5.74, 6) is 0.00798. The quantitative estimate of drug-likeness (QED) is 0.132. The van der Waals surface area contributed by atoms with Crippen LogP contribution in [0.3, 0.4) is 0 Å². The highest BCUT2D eigenvalue weighted by Gasteiger charge is 2.15. The highest BCUT2D eigenvalue weighted by atomic mass is 16.2. The van der Waals surface area contributed by atoms with E-state index in [0.29, 0.717) is 12.1 Å². The second kappa shape index (κ2) is 15.2. The van der Waals surface area contributed by atoms with Crippen molar-refractivity contribution in [2.24, 2.45) is 11.5 Å². The van der Waals surface area contributed by atoms with Gasteiger partial charge >= 0.3 is 0 Å². The average molecular weight is 453 g/mol. The number of carbonyl (C=O) groups is 1. The van der Waals surface area contributed by atoms with Crippen LogP contribution in [0.5, 0.6) is 0 Å². The molecule has 0 aliphatic carbocycles. The summed E-state index contributed by atoms with van der Waals surface area (Å²) >= 11 is 0. The van der Waals surface area contributed by atoms with Gasteiger partial charge in [0.05, 0.1) is 6.04 Å². The van der Waals surface area contributed by atoms with Gasteiger partial charge in [0.1, 0.15) is 5.84 Å². The fraction of sp³-hybridized carbons (Fsp3) is 0.462. The fourth-order valence-corrected chi connectivity index (χ4v) is 3.57. The summed E-state index contributed by atoms with van der Waals surface area (Å²) in [5.41, 5.74) is 14.1. The van der Waals surface area contributed by atoms with E-state index in [1.165, 1.54) is 5.56 Å². The molecule has 8 N–H and O–H groups in total. The number of nitrogens with one attached hydrogen (secondary N) is 4. The minimum absolute atomic E-state index is 0.0320. The van der Waals surface area contributed by atoms with Crippen molar-refractivity contribution < 1.29 is 4.79 Å². The lowest BCUT2D eigenvalue weighted by atomic mass is 10.0. The molecule has 180 valence electrons. The molecule has 0 spiro atoms. The Bertz CT molecular complexity index is 824. The molecule has 7 nitrogen and oxygen atoms in total. The Balaban J connectivity index is 1.78. The number of amides is 1. The van der Waals surface area contributed by atoms with Crippen LogP contribution < -0.4 is 27.4 Å². The Morgan fingerprint density at radius 2 is 1.70 bits per heavy atom. The van der Waals surface area contributed by atoms with Gasteiger partial charge in [0.15, 0.2) is 0 Å². The van der Waals surface area contributed by atoms with E-state index in [9.17, 15) is 4.79 Å². The number of hydrogen-bond donors (Lipinski definition) is 6. The monoisotopic (exact) mass is 452 g/mol. The first kappa shape index (κ1) is 26.5. The molecule has 2 atom stereocenters. The van der Waals surface area contributed by atoms with Crippen LogP contribution in [0.4, 0.5) is 0 Å². The lowest BCUT2D eigenvalue weighted by Gasteiger charge is -2.22. The van der Waals surface area contributed by atoms with Gasteiger partial charge in [0.25, 0.3) is 0 Å². The molecule has 0 fully saturated rings. The summed E-state index contributed by atoms with van der Waals surface area (Å²) in [6, 6.07) is 17.8. The molecule has 0 aromatic heterocycles. The Hall–Kier alpha value is -2.74. The standard InChI is InChI=1S/C26H40N6O/c1-20(26(33)32-18-22-10-13-23(14-11-22)25(28)29)31-19-24(30-17-7-3-6-16-27)15-12-21-8-4-2-5-9-21/h2,4-5,8-11,13-14,20,24,30-31H,3,6-7,12,15-19,27H2,1H3,(H3,28,29)(H,32,33)/t20-,24+/m0/s1.